The summed E-state index contributed by atoms with van der Waals surface area (Å²) in [6.45, 7) is 0.974. The van der Waals surface area contributed by atoms with Crippen molar-refractivity contribution in [2.45, 2.75) is 19.4 Å². The topological polar surface area (TPSA) is 67.2 Å². The van der Waals surface area contributed by atoms with Gasteiger partial charge >= 0.3 is 0 Å². The van der Waals surface area contributed by atoms with E-state index in [0.717, 1.165) is 11.3 Å². The van der Waals surface area contributed by atoms with Crippen molar-refractivity contribution in [3.8, 4) is 5.69 Å². The summed E-state index contributed by atoms with van der Waals surface area (Å²) in [5.41, 5.74) is 2.58. The van der Waals surface area contributed by atoms with Crippen LogP contribution in [0.4, 0.5) is 0 Å². The Kier molecular flexibility index (Phi) is 6.57. The minimum Gasteiger partial charge on any atom is -0.352 e. The van der Waals surface area contributed by atoms with Crippen LogP contribution in [0.1, 0.15) is 28.8 Å². The first-order valence-electron chi connectivity index (χ1n) is 9.29. The van der Waals surface area contributed by atoms with Crippen molar-refractivity contribution in [3.05, 3.63) is 84.2 Å². The standard InChI is InChI=1S/C22H24N4O2/c1-25(16-18-15-24-26(17-18)20-11-6-3-7-12-20)21(27)13-8-14-23-22(28)19-9-4-2-5-10-19/h2-7,9-12,15,17H,8,13-14,16H2,1H3,(H,23,28). The van der Waals surface area contributed by atoms with Crippen molar-refractivity contribution in [3.63, 3.8) is 0 Å². The number of carbonyl (C=O) groups is 2. The fraction of sp³-hybridized carbons (Fsp3) is 0.227. The Balaban J connectivity index is 1.41. The quantitative estimate of drug-likeness (QED) is 0.615. The summed E-state index contributed by atoms with van der Waals surface area (Å²) in [5, 5.41) is 7.20. The largest absolute Gasteiger partial charge is 0.352 e. The Morgan fingerprint density at radius 2 is 1.71 bits per heavy atom. The highest BCUT2D eigenvalue weighted by atomic mass is 16.2. The van der Waals surface area contributed by atoms with Gasteiger partial charge in [-0.25, -0.2) is 4.68 Å². The lowest BCUT2D eigenvalue weighted by Gasteiger charge is -2.16. The van der Waals surface area contributed by atoms with Gasteiger partial charge in [-0.05, 0) is 30.7 Å². The number of hydrogen-bond acceptors (Lipinski definition) is 3. The predicted molar refractivity (Wildman–Crippen MR) is 108 cm³/mol. The number of nitrogens with one attached hydrogen (secondary N) is 1. The highest BCUT2D eigenvalue weighted by Gasteiger charge is 2.11. The molecular formula is C22H24N4O2. The molecule has 0 bridgehead atoms. The van der Waals surface area contributed by atoms with Crippen LogP contribution in [-0.4, -0.2) is 40.1 Å². The SMILES string of the molecule is CN(Cc1cnn(-c2ccccc2)c1)C(=O)CCCNC(=O)c1ccccc1. The number of amides is 2. The molecule has 6 nitrogen and oxygen atoms in total. The normalized spacial score (nSPS) is 10.5. The Morgan fingerprint density at radius 1 is 1.04 bits per heavy atom. The monoisotopic (exact) mass is 376 g/mol. The lowest BCUT2D eigenvalue weighted by atomic mass is 10.2. The number of rotatable bonds is 8. The van der Waals surface area contributed by atoms with Crippen LogP contribution in [0.25, 0.3) is 5.69 Å². The molecule has 0 fully saturated rings. The number of para-hydroxylation sites is 1. The van der Waals surface area contributed by atoms with Crippen molar-refractivity contribution in [2.24, 2.45) is 0 Å². The molecule has 144 valence electrons. The molecule has 0 saturated heterocycles. The zero-order valence-corrected chi connectivity index (χ0v) is 15.9. The maximum Gasteiger partial charge on any atom is 0.251 e. The molecule has 0 aliphatic carbocycles. The van der Waals surface area contributed by atoms with Gasteiger partial charge in [0.05, 0.1) is 11.9 Å². The number of nitrogens with zero attached hydrogens (tertiary/aromatic N) is 3. The number of hydrogen-bond donors (Lipinski definition) is 1. The average Bonchev–Trinajstić information content (AvgIpc) is 3.20. The van der Waals surface area contributed by atoms with Gasteiger partial charge in [-0.1, -0.05) is 36.4 Å². The lowest BCUT2D eigenvalue weighted by molar-refractivity contribution is -0.130. The van der Waals surface area contributed by atoms with E-state index in [4.69, 9.17) is 0 Å². The lowest BCUT2D eigenvalue weighted by Crippen LogP contribution is -2.28. The Labute approximate surface area is 164 Å². The van der Waals surface area contributed by atoms with Gasteiger partial charge in [0.15, 0.2) is 0 Å². The van der Waals surface area contributed by atoms with Gasteiger partial charge in [-0.15, -0.1) is 0 Å². The Morgan fingerprint density at radius 3 is 2.43 bits per heavy atom. The van der Waals surface area contributed by atoms with Crippen LogP contribution in [0.2, 0.25) is 0 Å². The van der Waals surface area contributed by atoms with Gasteiger partial charge < -0.3 is 10.2 Å². The maximum absolute atomic E-state index is 12.3. The highest BCUT2D eigenvalue weighted by molar-refractivity contribution is 5.94. The minimum atomic E-state index is -0.116. The zero-order chi connectivity index (χ0) is 19.8. The predicted octanol–water partition coefficient (Wildman–Crippen LogP) is 3.04. The fourth-order valence-corrected chi connectivity index (χ4v) is 2.85. The molecule has 6 heteroatoms. The third-order valence-electron chi connectivity index (χ3n) is 4.39. The maximum atomic E-state index is 12.3. The van der Waals surface area contributed by atoms with E-state index in [2.05, 4.69) is 10.4 Å². The molecule has 2 aromatic carbocycles. The van der Waals surface area contributed by atoms with E-state index in [1.165, 1.54) is 0 Å². The molecule has 3 rings (SSSR count). The highest BCUT2D eigenvalue weighted by Crippen LogP contribution is 2.10. The first-order valence-corrected chi connectivity index (χ1v) is 9.29. The van der Waals surface area contributed by atoms with Crippen molar-refractivity contribution in [1.82, 2.24) is 20.0 Å². The molecular weight excluding hydrogens is 352 g/mol. The van der Waals surface area contributed by atoms with E-state index in [9.17, 15) is 9.59 Å². The third kappa shape index (κ3) is 5.30. The Bertz CT molecular complexity index is 907. The second-order valence-electron chi connectivity index (χ2n) is 6.60. The summed E-state index contributed by atoms with van der Waals surface area (Å²) in [6.07, 6.45) is 4.69. The molecule has 0 aliphatic rings. The second-order valence-corrected chi connectivity index (χ2v) is 6.60. The van der Waals surface area contributed by atoms with E-state index in [0.29, 0.717) is 31.5 Å². The van der Waals surface area contributed by atoms with E-state index in [-0.39, 0.29) is 11.8 Å². The molecule has 28 heavy (non-hydrogen) atoms. The molecule has 0 spiro atoms. The molecule has 1 aromatic heterocycles. The Hall–Kier alpha value is -3.41. The molecule has 0 atom stereocenters. The van der Waals surface area contributed by atoms with Gasteiger partial charge in [-0.2, -0.15) is 5.10 Å². The zero-order valence-electron chi connectivity index (χ0n) is 15.9. The van der Waals surface area contributed by atoms with Gasteiger partial charge in [0.1, 0.15) is 0 Å². The molecule has 0 radical (unpaired) electrons. The minimum absolute atomic E-state index is 0.0430. The van der Waals surface area contributed by atoms with Crippen LogP contribution in [-0.2, 0) is 11.3 Å². The molecule has 0 aliphatic heterocycles. The molecule has 0 saturated carbocycles. The van der Waals surface area contributed by atoms with Gasteiger partial charge in [0.25, 0.3) is 5.91 Å². The first-order chi connectivity index (χ1) is 13.6. The van der Waals surface area contributed by atoms with Gasteiger partial charge in [0, 0.05) is 43.9 Å². The van der Waals surface area contributed by atoms with Crippen LogP contribution in [0.5, 0.6) is 0 Å². The van der Waals surface area contributed by atoms with Crippen molar-refractivity contribution < 1.29 is 9.59 Å². The summed E-state index contributed by atoms with van der Waals surface area (Å²) >= 11 is 0. The fourth-order valence-electron chi connectivity index (χ4n) is 2.85. The van der Waals surface area contributed by atoms with Crippen molar-refractivity contribution in [1.29, 1.82) is 0 Å². The van der Waals surface area contributed by atoms with Crippen LogP contribution >= 0.6 is 0 Å². The average molecular weight is 376 g/mol. The van der Waals surface area contributed by atoms with E-state index in [1.54, 1.807) is 35.0 Å². The summed E-state index contributed by atoms with van der Waals surface area (Å²) in [6, 6.07) is 18.9. The second kappa shape index (κ2) is 9.50. The number of benzene rings is 2. The van der Waals surface area contributed by atoms with E-state index < -0.39 is 0 Å². The van der Waals surface area contributed by atoms with Crippen LogP contribution in [0.15, 0.2) is 73.1 Å². The summed E-state index contributed by atoms with van der Waals surface area (Å²) in [5.74, 6) is -0.0730. The molecule has 1 N–H and O–H groups in total. The van der Waals surface area contributed by atoms with E-state index in [1.807, 2.05) is 54.7 Å². The van der Waals surface area contributed by atoms with Crippen molar-refractivity contribution >= 4 is 11.8 Å². The first kappa shape index (κ1) is 19.4. The summed E-state index contributed by atoms with van der Waals surface area (Å²) < 4.78 is 1.80. The summed E-state index contributed by atoms with van der Waals surface area (Å²) in [7, 11) is 1.78. The van der Waals surface area contributed by atoms with Crippen LogP contribution in [0, 0.1) is 0 Å². The van der Waals surface area contributed by atoms with Gasteiger partial charge in [0.2, 0.25) is 5.91 Å². The molecule has 2 amide bonds. The van der Waals surface area contributed by atoms with Crippen LogP contribution in [0.3, 0.4) is 0 Å². The molecule has 3 aromatic rings. The third-order valence-corrected chi connectivity index (χ3v) is 4.39. The number of aromatic nitrogens is 2. The smallest absolute Gasteiger partial charge is 0.251 e. The summed E-state index contributed by atoms with van der Waals surface area (Å²) in [4.78, 5) is 26.0. The van der Waals surface area contributed by atoms with Crippen LogP contribution < -0.4 is 5.32 Å². The molecule has 0 unspecified atom stereocenters. The van der Waals surface area contributed by atoms with Gasteiger partial charge in [-0.3, -0.25) is 9.59 Å². The van der Waals surface area contributed by atoms with Crippen molar-refractivity contribution in [2.75, 3.05) is 13.6 Å². The van der Waals surface area contributed by atoms with E-state index >= 15 is 0 Å². The molecule has 1 heterocycles. The number of carbonyl (C=O) groups excluding carboxylic acids is 2.